The number of nitrogens with zero attached hydrogens (tertiary/aromatic N) is 4. The number of rotatable bonds is 3. The minimum Gasteiger partial charge on any atom is -0.267 e. The molecule has 5 nitrogen and oxygen atoms in total. The van der Waals surface area contributed by atoms with Gasteiger partial charge in [0.2, 0.25) is 0 Å². The van der Waals surface area contributed by atoms with E-state index >= 15 is 0 Å². The lowest BCUT2D eigenvalue weighted by molar-refractivity contribution is -0.114. The highest BCUT2D eigenvalue weighted by atomic mass is 16.2. The highest BCUT2D eigenvalue weighted by Crippen LogP contribution is 2.32. The van der Waals surface area contributed by atoms with Gasteiger partial charge in [0.05, 0.1) is 28.4 Å². The molecule has 0 saturated carbocycles. The molecule has 6 rings (SSSR count). The molecule has 0 radical (unpaired) electrons. The van der Waals surface area contributed by atoms with Crippen LogP contribution in [0.5, 0.6) is 0 Å². The number of aryl methyl sites for hydroxylation is 1. The van der Waals surface area contributed by atoms with Crippen molar-refractivity contribution in [2.45, 2.75) is 20.8 Å². The largest absolute Gasteiger partial charge is 0.280 e. The summed E-state index contributed by atoms with van der Waals surface area (Å²) in [6.45, 7) is 5.91. The molecule has 0 fully saturated rings. The average Bonchev–Trinajstić information content (AvgIpc) is 3.33. The van der Waals surface area contributed by atoms with Crippen molar-refractivity contribution in [3.05, 3.63) is 107 Å². The molecular formula is C30H24N4O. The van der Waals surface area contributed by atoms with Crippen LogP contribution in [0.4, 0.5) is 5.69 Å². The third kappa shape index (κ3) is 3.36. The molecule has 1 amide bonds. The molecule has 0 unspecified atom stereocenters. The van der Waals surface area contributed by atoms with Crippen molar-refractivity contribution in [1.82, 2.24) is 9.78 Å². The summed E-state index contributed by atoms with van der Waals surface area (Å²) in [5.74, 6) is -0.129. The van der Waals surface area contributed by atoms with Gasteiger partial charge in [-0.25, -0.2) is 4.68 Å². The van der Waals surface area contributed by atoms with Gasteiger partial charge in [-0.05, 0) is 49.8 Å². The third-order valence-corrected chi connectivity index (χ3v) is 6.69. The highest BCUT2D eigenvalue weighted by Gasteiger charge is 2.30. The van der Waals surface area contributed by atoms with E-state index in [0.717, 1.165) is 49.9 Å². The second-order valence-corrected chi connectivity index (χ2v) is 8.85. The first kappa shape index (κ1) is 21.1. The normalized spacial score (nSPS) is 14.9. The molecule has 0 saturated heterocycles. The summed E-state index contributed by atoms with van der Waals surface area (Å²) in [5, 5.41) is 15.4. The van der Waals surface area contributed by atoms with Crippen molar-refractivity contribution in [3.63, 3.8) is 0 Å². The van der Waals surface area contributed by atoms with E-state index in [1.807, 2.05) is 92.2 Å². The maximum atomic E-state index is 13.6. The van der Waals surface area contributed by atoms with Gasteiger partial charge in [0.25, 0.3) is 5.91 Å². The second kappa shape index (κ2) is 8.06. The van der Waals surface area contributed by atoms with Gasteiger partial charge in [0.1, 0.15) is 0 Å². The Morgan fingerprint density at radius 1 is 0.714 bits per heavy atom. The molecule has 1 aromatic heterocycles. The summed E-state index contributed by atoms with van der Waals surface area (Å²) in [6.07, 6.45) is 1.94. The average molecular weight is 457 g/mol. The number of benzene rings is 4. The number of hydrogen-bond acceptors (Lipinski definition) is 3. The molecule has 0 spiro atoms. The van der Waals surface area contributed by atoms with Gasteiger partial charge in [-0.3, -0.25) is 4.79 Å². The van der Waals surface area contributed by atoms with Crippen LogP contribution in [0.1, 0.15) is 23.9 Å². The number of anilines is 1. The van der Waals surface area contributed by atoms with Crippen LogP contribution in [0.15, 0.2) is 95.6 Å². The lowest BCUT2D eigenvalue weighted by Gasteiger charge is -2.14. The summed E-state index contributed by atoms with van der Waals surface area (Å²) < 4.78 is 1.97. The standard InChI is InChI=1S/C30H24N4O/c1-19-26(21(3)33(31-19)28-16-8-12-22-10-4-6-14-24(22)28)18-27-20(2)32-34(30(27)35)29-17-9-13-23-11-5-7-15-25(23)29/h4-18H,1-3H3/b27-18+. The molecule has 0 atom stereocenters. The summed E-state index contributed by atoms with van der Waals surface area (Å²) in [5.41, 5.74) is 5.88. The summed E-state index contributed by atoms with van der Waals surface area (Å²) in [7, 11) is 0. The zero-order valence-electron chi connectivity index (χ0n) is 19.9. The van der Waals surface area contributed by atoms with Crippen molar-refractivity contribution < 1.29 is 4.79 Å². The minimum atomic E-state index is -0.129. The lowest BCUT2D eigenvalue weighted by Crippen LogP contribution is -2.21. The molecule has 0 N–H and O–H groups in total. The predicted octanol–water partition coefficient (Wildman–Crippen LogP) is 6.60. The zero-order valence-corrected chi connectivity index (χ0v) is 19.9. The summed E-state index contributed by atoms with van der Waals surface area (Å²) >= 11 is 0. The van der Waals surface area contributed by atoms with Crippen molar-refractivity contribution in [2.24, 2.45) is 5.10 Å². The molecule has 5 aromatic rings. The molecule has 170 valence electrons. The quantitative estimate of drug-likeness (QED) is 0.287. The van der Waals surface area contributed by atoms with Crippen LogP contribution in [0.3, 0.4) is 0 Å². The van der Waals surface area contributed by atoms with E-state index in [2.05, 4.69) is 29.4 Å². The maximum Gasteiger partial charge on any atom is 0.280 e. The molecule has 1 aliphatic heterocycles. The fourth-order valence-corrected chi connectivity index (χ4v) is 4.88. The fourth-order valence-electron chi connectivity index (χ4n) is 4.88. The Balaban J connectivity index is 1.43. The van der Waals surface area contributed by atoms with E-state index in [0.29, 0.717) is 11.3 Å². The number of carbonyl (C=O) groups is 1. The van der Waals surface area contributed by atoms with E-state index in [9.17, 15) is 4.79 Å². The van der Waals surface area contributed by atoms with Crippen molar-refractivity contribution in [1.29, 1.82) is 0 Å². The van der Waals surface area contributed by atoms with E-state index in [1.54, 1.807) is 0 Å². The summed E-state index contributed by atoms with van der Waals surface area (Å²) in [4.78, 5) is 13.6. The van der Waals surface area contributed by atoms with Gasteiger partial charge < -0.3 is 0 Å². The summed E-state index contributed by atoms with van der Waals surface area (Å²) in [6, 6.07) is 28.5. The van der Waals surface area contributed by atoms with Crippen LogP contribution in [-0.4, -0.2) is 21.4 Å². The maximum absolute atomic E-state index is 13.6. The molecule has 0 aliphatic carbocycles. The smallest absolute Gasteiger partial charge is 0.267 e. The Morgan fingerprint density at radius 2 is 1.29 bits per heavy atom. The van der Waals surface area contributed by atoms with Crippen LogP contribution >= 0.6 is 0 Å². The number of fused-ring (bicyclic) bond motifs is 2. The van der Waals surface area contributed by atoms with Crippen LogP contribution in [-0.2, 0) is 4.79 Å². The number of hydrogen-bond donors (Lipinski definition) is 0. The zero-order chi connectivity index (χ0) is 24.1. The molecule has 0 bridgehead atoms. The molecule has 4 aromatic carbocycles. The Hall–Kier alpha value is -4.51. The molecule has 2 heterocycles. The van der Waals surface area contributed by atoms with Gasteiger partial charge in [0, 0.05) is 22.0 Å². The Bertz CT molecular complexity index is 1700. The SMILES string of the molecule is CC1=NN(c2cccc3ccccc23)C(=O)/C1=C/c1c(C)nn(-c2cccc3ccccc23)c1C. The van der Waals surface area contributed by atoms with Gasteiger partial charge in [-0.15, -0.1) is 0 Å². The van der Waals surface area contributed by atoms with Gasteiger partial charge >= 0.3 is 0 Å². The molecule has 35 heavy (non-hydrogen) atoms. The van der Waals surface area contributed by atoms with E-state index in [-0.39, 0.29) is 5.91 Å². The first-order valence-corrected chi connectivity index (χ1v) is 11.7. The molecular weight excluding hydrogens is 432 g/mol. The minimum absolute atomic E-state index is 0.129. The monoisotopic (exact) mass is 456 g/mol. The Kier molecular flexibility index (Phi) is 4.85. The Morgan fingerprint density at radius 3 is 1.97 bits per heavy atom. The number of amides is 1. The van der Waals surface area contributed by atoms with Crippen molar-refractivity contribution >= 4 is 44.9 Å². The second-order valence-electron chi connectivity index (χ2n) is 8.85. The van der Waals surface area contributed by atoms with Crippen molar-refractivity contribution in [2.75, 3.05) is 5.01 Å². The fraction of sp³-hybridized carbons (Fsp3) is 0.100. The lowest BCUT2D eigenvalue weighted by atomic mass is 10.0. The number of carbonyl (C=O) groups excluding carboxylic acids is 1. The van der Waals surface area contributed by atoms with Crippen LogP contribution in [0.2, 0.25) is 0 Å². The number of hydrazone groups is 1. The third-order valence-electron chi connectivity index (χ3n) is 6.69. The van der Waals surface area contributed by atoms with Crippen LogP contribution < -0.4 is 5.01 Å². The van der Waals surface area contributed by atoms with E-state index < -0.39 is 0 Å². The van der Waals surface area contributed by atoms with Gasteiger partial charge in [-0.2, -0.15) is 15.2 Å². The number of aromatic nitrogens is 2. The van der Waals surface area contributed by atoms with Gasteiger partial charge in [-0.1, -0.05) is 72.8 Å². The first-order valence-electron chi connectivity index (χ1n) is 11.7. The predicted molar refractivity (Wildman–Crippen MR) is 143 cm³/mol. The molecule has 5 heteroatoms. The Labute approximate surface area is 203 Å². The topological polar surface area (TPSA) is 50.5 Å². The van der Waals surface area contributed by atoms with Crippen LogP contribution in [0, 0.1) is 13.8 Å². The highest BCUT2D eigenvalue weighted by molar-refractivity contribution is 6.33. The van der Waals surface area contributed by atoms with E-state index in [1.165, 1.54) is 5.01 Å². The first-order chi connectivity index (χ1) is 17.0. The van der Waals surface area contributed by atoms with E-state index in [4.69, 9.17) is 5.10 Å². The van der Waals surface area contributed by atoms with Crippen molar-refractivity contribution in [3.8, 4) is 5.69 Å². The van der Waals surface area contributed by atoms with Gasteiger partial charge in [0.15, 0.2) is 0 Å². The molecule has 1 aliphatic rings. The van der Waals surface area contributed by atoms with Crippen LogP contribution in [0.25, 0.3) is 33.3 Å².